The molecule has 2 N–H and O–H groups in total. The lowest BCUT2D eigenvalue weighted by atomic mass is 9.50. The van der Waals surface area contributed by atoms with Gasteiger partial charge in [0, 0.05) is 11.2 Å². The van der Waals surface area contributed by atoms with Gasteiger partial charge in [0.15, 0.2) is 5.82 Å². The van der Waals surface area contributed by atoms with Crippen LogP contribution in [0.1, 0.15) is 74.4 Å². The summed E-state index contributed by atoms with van der Waals surface area (Å²) in [5, 5.41) is 16.3. The van der Waals surface area contributed by atoms with E-state index in [0.717, 1.165) is 37.8 Å². The molecule has 4 bridgehead atoms. The summed E-state index contributed by atoms with van der Waals surface area (Å²) in [7, 11) is 0. The number of hydrogen-bond acceptors (Lipinski definition) is 6. The van der Waals surface area contributed by atoms with Crippen LogP contribution in [-0.4, -0.2) is 41.6 Å². The predicted octanol–water partition coefficient (Wildman–Crippen LogP) is 1.74. The highest BCUT2D eigenvalue weighted by molar-refractivity contribution is 5.92. The molecule has 6 rings (SSSR count). The van der Waals surface area contributed by atoms with Crippen LogP contribution in [0.5, 0.6) is 0 Å². The van der Waals surface area contributed by atoms with Gasteiger partial charge in [-0.05, 0) is 80.9 Å². The van der Waals surface area contributed by atoms with Crippen LogP contribution in [0.4, 0.5) is 0 Å². The molecule has 9 heteroatoms. The molecule has 1 amide bonds. The van der Waals surface area contributed by atoms with Gasteiger partial charge in [-0.2, -0.15) is 9.78 Å². The van der Waals surface area contributed by atoms with Crippen molar-refractivity contribution in [3.05, 3.63) is 33.8 Å². The van der Waals surface area contributed by atoms with E-state index in [1.807, 2.05) is 11.7 Å². The molecule has 0 aliphatic heterocycles. The zero-order valence-electron chi connectivity index (χ0n) is 17.8. The molecule has 4 saturated carbocycles. The second-order valence-corrected chi connectivity index (χ2v) is 10.2. The number of carbonyl (C=O) groups excluding carboxylic acids is 1. The van der Waals surface area contributed by atoms with Crippen molar-refractivity contribution in [1.29, 1.82) is 0 Å². The number of hydrogen-bond donors (Lipinski definition) is 2. The molecule has 9 nitrogen and oxygen atoms in total. The van der Waals surface area contributed by atoms with Gasteiger partial charge >= 0.3 is 5.69 Å². The van der Waals surface area contributed by atoms with E-state index in [4.69, 9.17) is 0 Å². The van der Waals surface area contributed by atoms with Gasteiger partial charge < -0.3 is 10.3 Å². The first-order valence-corrected chi connectivity index (χ1v) is 10.9. The molecule has 160 valence electrons. The molecule has 0 spiro atoms. The van der Waals surface area contributed by atoms with E-state index in [-0.39, 0.29) is 22.7 Å². The monoisotopic (exact) mass is 411 g/mol. The number of rotatable bonds is 5. The van der Waals surface area contributed by atoms with Crippen molar-refractivity contribution in [2.24, 2.45) is 17.8 Å². The van der Waals surface area contributed by atoms with Crippen LogP contribution in [0.2, 0.25) is 0 Å². The number of carbonyl (C=O) groups is 1. The summed E-state index contributed by atoms with van der Waals surface area (Å²) in [5.74, 6) is 1.88. The normalized spacial score (nSPS) is 32.0. The fourth-order valence-corrected chi connectivity index (χ4v) is 6.56. The molecule has 2 atom stereocenters. The smallest absolute Gasteiger partial charge is 0.345 e. The minimum absolute atomic E-state index is 0.178. The molecular weight excluding hydrogens is 382 g/mol. The Balaban J connectivity index is 1.43. The molecule has 2 unspecified atom stereocenters. The maximum Gasteiger partial charge on any atom is 0.345 e. The summed E-state index contributed by atoms with van der Waals surface area (Å²) >= 11 is 0. The lowest BCUT2D eigenvalue weighted by molar-refractivity contribution is -0.0811. The second-order valence-electron chi connectivity index (χ2n) is 10.2. The van der Waals surface area contributed by atoms with Gasteiger partial charge in [0.25, 0.3) is 5.91 Å². The largest absolute Gasteiger partial charge is 0.345 e. The maximum atomic E-state index is 13.2. The van der Waals surface area contributed by atoms with E-state index in [1.165, 1.54) is 6.42 Å². The first kappa shape index (κ1) is 19.4. The highest BCUT2D eigenvalue weighted by Gasteiger charge is 2.60. The third kappa shape index (κ3) is 3.33. The zero-order chi connectivity index (χ0) is 21.1. The number of aryl methyl sites for hydroxylation is 1. The zero-order valence-corrected chi connectivity index (χ0v) is 17.8. The predicted molar refractivity (Wildman–Crippen MR) is 109 cm³/mol. The van der Waals surface area contributed by atoms with Crippen LogP contribution in [0.3, 0.4) is 0 Å². The lowest BCUT2D eigenvalue weighted by Gasteiger charge is -2.61. The molecule has 2 aromatic heterocycles. The van der Waals surface area contributed by atoms with Crippen LogP contribution < -0.4 is 11.0 Å². The number of aromatic nitrogens is 6. The number of aromatic amines is 1. The summed E-state index contributed by atoms with van der Waals surface area (Å²) in [5.41, 5.74) is 0.00437. The Hall–Kier alpha value is -2.58. The Labute approximate surface area is 175 Å². The average Bonchev–Trinajstić information content (AvgIpc) is 3.06. The minimum Gasteiger partial charge on any atom is -0.345 e. The van der Waals surface area contributed by atoms with Crippen molar-refractivity contribution in [3.8, 4) is 0 Å². The highest BCUT2D eigenvalue weighted by Crippen LogP contribution is 2.60. The number of tetrazole rings is 1. The van der Waals surface area contributed by atoms with Crippen molar-refractivity contribution < 1.29 is 4.79 Å². The lowest BCUT2D eigenvalue weighted by Crippen LogP contribution is -2.66. The van der Waals surface area contributed by atoms with E-state index in [2.05, 4.69) is 44.5 Å². The van der Waals surface area contributed by atoms with Crippen LogP contribution in [0.15, 0.2) is 10.9 Å². The van der Waals surface area contributed by atoms with Gasteiger partial charge in [-0.25, -0.2) is 4.79 Å². The molecule has 4 aliphatic carbocycles. The Morgan fingerprint density at radius 1 is 1.30 bits per heavy atom. The first-order valence-electron chi connectivity index (χ1n) is 10.9. The van der Waals surface area contributed by atoms with Crippen molar-refractivity contribution in [3.63, 3.8) is 0 Å². The molecule has 0 aromatic carbocycles. The quantitative estimate of drug-likeness (QED) is 0.774. The van der Waals surface area contributed by atoms with E-state index < -0.39 is 5.69 Å². The van der Waals surface area contributed by atoms with Crippen LogP contribution in [0, 0.1) is 24.7 Å². The number of nitrogens with one attached hydrogen (secondary N) is 2. The number of nitrogens with zero attached hydrogens (tertiary/aromatic N) is 5. The van der Waals surface area contributed by atoms with Crippen LogP contribution in [-0.2, 0) is 12.0 Å². The summed E-state index contributed by atoms with van der Waals surface area (Å²) in [6.07, 6.45) is 6.72. The van der Waals surface area contributed by atoms with E-state index in [9.17, 15) is 9.59 Å². The SMILES string of the molecule is Cc1nnn(C23CC4CC(CC(NC(=O)c5cc(CC(C)C)[nH]c(=O)n5)(C4)C2)C3)n1. The average molecular weight is 412 g/mol. The summed E-state index contributed by atoms with van der Waals surface area (Å²) in [6, 6.07) is 1.72. The Bertz CT molecular complexity index is 1030. The molecule has 4 aliphatic rings. The van der Waals surface area contributed by atoms with Crippen molar-refractivity contribution >= 4 is 5.91 Å². The molecule has 4 fully saturated rings. The standard InChI is InChI=1S/C21H29N7O2/c1-12(2)4-16-6-17(23-19(30)22-16)18(29)24-20-7-14-5-15(8-20)10-21(9-14,11-20)28-26-13(3)25-27-28/h6,12,14-15H,4-5,7-11H2,1-3H3,(H,24,29)(H,22,23,30). The summed E-state index contributed by atoms with van der Waals surface area (Å²) in [4.78, 5) is 33.7. The summed E-state index contributed by atoms with van der Waals surface area (Å²) in [6.45, 7) is 6.01. The number of H-pyrrole nitrogens is 1. The highest BCUT2D eigenvalue weighted by atomic mass is 16.2. The molecule has 2 heterocycles. The van der Waals surface area contributed by atoms with Crippen LogP contribution >= 0.6 is 0 Å². The van der Waals surface area contributed by atoms with Gasteiger partial charge in [-0.15, -0.1) is 10.2 Å². The third-order valence-electron chi connectivity index (χ3n) is 7.01. The molecule has 2 aromatic rings. The molecule has 30 heavy (non-hydrogen) atoms. The van der Waals surface area contributed by atoms with Gasteiger partial charge in [0.2, 0.25) is 0 Å². The Morgan fingerprint density at radius 3 is 2.67 bits per heavy atom. The Kier molecular flexibility index (Phi) is 4.34. The van der Waals surface area contributed by atoms with Crippen molar-refractivity contribution in [1.82, 2.24) is 35.5 Å². The van der Waals surface area contributed by atoms with Gasteiger partial charge in [0.1, 0.15) is 5.69 Å². The third-order valence-corrected chi connectivity index (χ3v) is 7.01. The van der Waals surface area contributed by atoms with Crippen LogP contribution in [0.25, 0.3) is 0 Å². The van der Waals surface area contributed by atoms with Crippen molar-refractivity contribution in [2.45, 2.75) is 76.8 Å². The number of amides is 1. The fourth-order valence-electron chi connectivity index (χ4n) is 6.56. The van der Waals surface area contributed by atoms with E-state index >= 15 is 0 Å². The van der Waals surface area contributed by atoms with Crippen molar-refractivity contribution in [2.75, 3.05) is 0 Å². The molecule has 0 radical (unpaired) electrons. The topological polar surface area (TPSA) is 118 Å². The minimum atomic E-state index is -0.470. The van der Waals surface area contributed by atoms with E-state index in [1.54, 1.807) is 6.07 Å². The van der Waals surface area contributed by atoms with Gasteiger partial charge in [-0.3, -0.25) is 4.79 Å². The Morgan fingerprint density at radius 2 is 2.03 bits per heavy atom. The second kappa shape index (κ2) is 6.72. The first-order chi connectivity index (χ1) is 14.2. The maximum absolute atomic E-state index is 13.2. The fraction of sp³-hybridized carbons (Fsp3) is 0.714. The molecular formula is C21H29N7O2. The van der Waals surface area contributed by atoms with E-state index in [0.29, 0.717) is 30.0 Å². The van der Waals surface area contributed by atoms with Gasteiger partial charge in [-0.1, -0.05) is 13.8 Å². The summed E-state index contributed by atoms with van der Waals surface area (Å²) < 4.78 is 0. The molecule has 0 saturated heterocycles. The van der Waals surface area contributed by atoms with Gasteiger partial charge in [0.05, 0.1) is 5.54 Å².